The lowest BCUT2D eigenvalue weighted by Crippen LogP contribution is -2.27. The fraction of sp³-hybridized carbons (Fsp3) is 0.250. The van der Waals surface area contributed by atoms with Gasteiger partial charge in [-0.05, 0) is 35.0 Å². The highest BCUT2D eigenvalue weighted by Gasteiger charge is 2.06. The van der Waals surface area contributed by atoms with Gasteiger partial charge in [0, 0.05) is 4.47 Å². The minimum atomic E-state index is -0.136. The van der Waals surface area contributed by atoms with Crippen LogP contribution in [0, 0.1) is 6.92 Å². The molecule has 2 N–H and O–H groups in total. The van der Waals surface area contributed by atoms with Gasteiger partial charge < -0.3 is 9.84 Å². The van der Waals surface area contributed by atoms with Crippen molar-refractivity contribution in [1.29, 1.82) is 0 Å². The van der Waals surface area contributed by atoms with Gasteiger partial charge in [-0.15, -0.1) is 0 Å². The molecule has 0 radical (unpaired) electrons. The van der Waals surface area contributed by atoms with Crippen LogP contribution in [-0.4, -0.2) is 22.6 Å². The molecule has 0 fully saturated rings. The molecule has 1 heterocycles. The van der Waals surface area contributed by atoms with Crippen LogP contribution in [0.2, 0.25) is 0 Å². The molecule has 2 rings (SSSR count). The van der Waals surface area contributed by atoms with Gasteiger partial charge in [-0.1, -0.05) is 17.3 Å². The van der Waals surface area contributed by atoms with Crippen LogP contribution in [-0.2, 0) is 11.3 Å². The molecule has 0 aliphatic carbocycles. The normalized spacial score (nSPS) is 10.4. The van der Waals surface area contributed by atoms with Gasteiger partial charge in [-0.3, -0.25) is 10.1 Å². The number of anilines is 1. The SMILES string of the molecule is Cc1noc(CNCC(=O)Nc2ccccc2Br)n1. The topological polar surface area (TPSA) is 80.0 Å². The summed E-state index contributed by atoms with van der Waals surface area (Å²) in [7, 11) is 0. The van der Waals surface area contributed by atoms with Gasteiger partial charge in [0.25, 0.3) is 0 Å². The maximum atomic E-state index is 11.7. The van der Waals surface area contributed by atoms with E-state index in [2.05, 4.69) is 36.7 Å². The lowest BCUT2D eigenvalue weighted by molar-refractivity contribution is -0.115. The molecule has 1 aromatic carbocycles. The number of aromatic nitrogens is 2. The number of hydrogen-bond acceptors (Lipinski definition) is 5. The van der Waals surface area contributed by atoms with E-state index in [0.29, 0.717) is 18.3 Å². The van der Waals surface area contributed by atoms with Crippen LogP contribution in [0.4, 0.5) is 5.69 Å². The number of benzene rings is 1. The van der Waals surface area contributed by atoms with Crippen molar-refractivity contribution in [3.63, 3.8) is 0 Å². The van der Waals surface area contributed by atoms with E-state index in [9.17, 15) is 4.79 Å². The molecule has 0 saturated carbocycles. The van der Waals surface area contributed by atoms with Crippen molar-refractivity contribution in [2.45, 2.75) is 13.5 Å². The number of rotatable bonds is 5. The van der Waals surface area contributed by atoms with Crippen LogP contribution < -0.4 is 10.6 Å². The second kappa shape index (κ2) is 6.44. The van der Waals surface area contributed by atoms with Gasteiger partial charge in [-0.2, -0.15) is 4.98 Å². The predicted molar refractivity (Wildman–Crippen MR) is 73.5 cm³/mol. The second-order valence-electron chi connectivity index (χ2n) is 3.87. The van der Waals surface area contributed by atoms with Crippen LogP contribution in [0.3, 0.4) is 0 Å². The molecule has 0 atom stereocenters. The Balaban J connectivity index is 1.77. The Bertz CT molecular complexity index is 570. The number of carbonyl (C=O) groups is 1. The van der Waals surface area contributed by atoms with Crippen LogP contribution in [0.1, 0.15) is 11.7 Å². The van der Waals surface area contributed by atoms with Crippen molar-refractivity contribution >= 4 is 27.5 Å². The molecule has 2 aromatic rings. The average molecular weight is 325 g/mol. The fourth-order valence-electron chi connectivity index (χ4n) is 1.45. The van der Waals surface area contributed by atoms with Crippen LogP contribution in [0.5, 0.6) is 0 Å². The first-order valence-electron chi connectivity index (χ1n) is 5.69. The molecular weight excluding hydrogens is 312 g/mol. The van der Waals surface area contributed by atoms with Crippen molar-refractivity contribution < 1.29 is 9.32 Å². The molecule has 0 aliphatic heterocycles. The summed E-state index contributed by atoms with van der Waals surface area (Å²) in [6.45, 7) is 2.28. The number of hydrogen-bond donors (Lipinski definition) is 2. The molecule has 0 saturated heterocycles. The molecular formula is C12H13BrN4O2. The Labute approximate surface area is 118 Å². The van der Waals surface area contributed by atoms with Crippen molar-refractivity contribution in [2.75, 3.05) is 11.9 Å². The van der Waals surface area contributed by atoms with E-state index in [1.165, 1.54) is 0 Å². The fourth-order valence-corrected chi connectivity index (χ4v) is 1.84. The minimum Gasteiger partial charge on any atom is -0.338 e. The lowest BCUT2D eigenvalue weighted by Gasteiger charge is -2.07. The summed E-state index contributed by atoms with van der Waals surface area (Å²) in [4.78, 5) is 15.7. The summed E-state index contributed by atoms with van der Waals surface area (Å²) in [5.74, 6) is 0.906. The van der Waals surface area contributed by atoms with E-state index in [1.54, 1.807) is 6.92 Å². The summed E-state index contributed by atoms with van der Waals surface area (Å²) in [5.41, 5.74) is 0.739. The summed E-state index contributed by atoms with van der Waals surface area (Å²) in [6.07, 6.45) is 0. The second-order valence-corrected chi connectivity index (χ2v) is 4.72. The van der Waals surface area contributed by atoms with Crippen LogP contribution >= 0.6 is 15.9 Å². The van der Waals surface area contributed by atoms with Crippen molar-refractivity contribution in [3.8, 4) is 0 Å². The van der Waals surface area contributed by atoms with E-state index in [4.69, 9.17) is 4.52 Å². The zero-order valence-electron chi connectivity index (χ0n) is 10.3. The molecule has 0 aliphatic rings. The summed E-state index contributed by atoms with van der Waals surface area (Å²) in [5, 5.41) is 9.38. The first-order valence-corrected chi connectivity index (χ1v) is 6.49. The molecule has 1 amide bonds. The molecule has 7 heteroatoms. The number of carbonyl (C=O) groups excluding carboxylic acids is 1. The molecule has 6 nitrogen and oxygen atoms in total. The first kappa shape index (κ1) is 13.7. The number of aryl methyl sites for hydroxylation is 1. The van der Waals surface area contributed by atoms with Gasteiger partial charge >= 0.3 is 0 Å². The van der Waals surface area contributed by atoms with E-state index in [1.807, 2.05) is 24.3 Å². The maximum absolute atomic E-state index is 11.7. The van der Waals surface area contributed by atoms with Crippen LogP contribution in [0.15, 0.2) is 33.3 Å². The maximum Gasteiger partial charge on any atom is 0.240 e. The Morgan fingerprint density at radius 3 is 2.89 bits per heavy atom. The summed E-state index contributed by atoms with van der Waals surface area (Å²) >= 11 is 3.36. The van der Waals surface area contributed by atoms with Gasteiger partial charge in [0.1, 0.15) is 0 Å². The largest absolute Gasteiger partial charge is 0.338 e. The third kappa shape index (κ3) is 4.15. The quantitative estimate of drug-likeness (QED) is 0.877. The van der Waals surface area contributed by atoms with E-state index >= 15 is 0 Å². The Hall–Kier alpha value is -1.73. The third-order valence-corrected chi connectivity index (χ3v) is 2.97. The minimum absolute atomic E-state index is 0.136. The highest BCUT2D eigenvalue weighted by Crippen LogP contribution is 2.20. The van der Waals surface area contributed by atoms with Crippen LogP contribution in [0.25, 0.3) is 0 Å². The molecule has 100 valence electrons. The lowest BCUT2D eigenvalue weighted by atomic mass is 10.3. The molecule has 1 aromatic heterocycles. The summed E-state index contributed by atoms with van der Waals surface area (Å²) in [6, 6.07) is 7.43. The first-order chi connectivity index (χ1) is 9.15. The standard InChI is InChI=1S/C12H13BrN4O2/c1-8-15-12(19-17-8)7-14-6-11(18)16-10-5-3-2-4-9(10)13/h2-5,14H,6-7H2,1H3,(H,16,18). The van der Waals surface area contributed by atoms with Crippen molar-refractivity contribution in [1.82, 2.24) is 15.5 Å². The number of para-hydroxylation sites is 1. The number of nitrogens with zero attached hydrogens (tertiary/aromatic N) is 2. The monoisotopic (exact) mass is 324 g/mol. The summed E-state index contributed by atoms with van der Waals surface area (Å²) < 4.78 is 5.76. The highest BCUT2D eigenvalue weighted by molar-refractivity contribution is 9.10. The smallest absolute Gasteiger partial charge is 0.240 e. The van der Waals surface area contributed by atoms with E-state index in [-0.39, 0.29) is 12.5 Å². The molecule has 19 heavy (non-hydrogen) atoms. The third-order valence-electron chi connectivity index (χ3n) is 2.28. The van der Waals surface area contributed by atoms with Gasteiger partial charge in [-0.25, -0.2) is 0 Å². The zero-order valence-corrected chi connectivity index (χ0v) is 11.9. The average Bonchev–Trinajstić information content (AvgIpc) is 2.78. The van der Waals surface area contributed by atoms with Gasteiger partial charge in [0.05, 0.1) is 18.8 Å². The van der Waals surface area contributed by atoms with E-state index in [0.717, 1.165) is 10.2 Å². The highest BCUT2D eigenvalue weighted by atomic mass is 79.9. The van der Waals surface area contributed by atoms with Crippen molar-refractivity contribution in [2.24, 2.45) is 0 Å². The van der Waals surface area contributed by atoms with Gasteiger partial charge in [0.15, 0.2) is 5.82 Å². The Morgan fingerprint density at radius 2 is 2.21 bits per heavy atom. The molecule has 0 spiro atoms. The molecule has 0 bridgehead atoms. The molecule has 0 unspecified atom stereocenters. The zero-order chi connectivity index (χ0) is 13.7. The predicted octanol–water partition coefficient (Wildman–Crippen LogP) is 1.87. The Kier molecular flexibility index (Phi) is 4.64. The number of halogens is 1. The number of amides is 1. The Morgan fingerprint density at radius 1 is 1.42 bits per heavy atom. The van der Waals surface area contributed by atoms with Crippen molar-refractivity contribution in [3.05, 3.63) is 40.5 Å². The van der Waals surface area contributed by atoms with E-state index < -0.39 is 0 Å². The number of nitrogens with one attached hydrogen (secondary N) is 2. The van der Waals surface area contributed by atoms with Gasteiger partial charge in [0.2, 0.25) is 11.8 Å².